The first-order valence-corrected chi connectivity index (χ1v) is 4.27. The third-order valence-electron chi connectivity index (χ3n) is 2.39. The Morgan fingerprint density at radius 3 is 2.57 bits per heavy atom. The van der Waals surface area contributed by atoms with E-state index in [0.717, 1.165) is 0 Å². The molecule has 1 amide bonds. The van der Waals surface area contributed by atoms with Crippen molar-refractivity contribution in [1.82, 2.24) is 5.32 Å². The van der Waals surface area contributed by atoms with E-state index in [1.807, 2.05) is 0 Å². The molecule has 1 unspecified atom stereocenters. The predicted octanol–water partition coefficient (Wildman–Crippen LogP) is -0.312. The van der Waals surface area contributed by atoms with Gasteiger partial charge >= 0.3 is 6.09 Å². The zero-order valence-electron chi connectivity index (χ0n) is 7.56. The fourth-order valence-corrected chi connectivity index (χ4v) is 1.54. The van der Waals surface area contributed by atoms with Crippen molar-refractivity contribution in [2.24, 2.45) is 0 Å². The lowest BCUT2D eigenvalue weighted by atomic mass is 9.85. The van der Waals surface area contributed by atoms with E-state index in [0.29, 0.717) is 26.1 Å². The summed E-state index contributed by atoms with van der Waals surface area (Å²) >= 11 is 0. The number of nitrogens with one attached hydrogen (secondary N) is 1. The normalized spacial score (nSPS) is 22.0. The maximum atomic E-state index is 10.5. The van der Waals surface area contributed by atoms with E-state index in [9.17, 15) is 9.90 Å². The molecule has 0 aromatic carbocycles. The van der Waals surface area contributed by atoms with E-state index in [1.165, 1.54) is 0 Å². The molecule has 0 radical (unpaired) electrons. The summed E-state index contributed by atoms with van der Waals surface area (Å²) in [5.74, 6) is 0. The Morgan fingerprint density at radius 1 is 1.57 bits per heavy atom. The number of hydrogen-bond donors (Lipinski definition) is 3. The highest BCUT2D eigenvalue weighted by atomic mass is 16.5. The van der Waals surface area contributed by atoms with Crippen LogP contribution in [-0.2, 0) is 4.74 Å². The molecule has 1 aliphatic heterocycles. The number of carbonyl (C=O) groups is 1. The summed E-state index contributed by atoms with van der Waals surface area (Å²) in [7, 11) is 0. The van der Waals surface area contributed by atoms with Crippen molar-refractivity contribution in [1.29, 1.82) is 5.26 Å². The van der Waals surface area contributed by atoms with Gasteiger partial charge in [0.25, 0.3) is 0 Å². The summed E-state index contributed by atoms with van der Waals surface area (Å²) < 4.78 is 5.05. The molecule has 1 atom stereocenters. The molecule has 6 heteroatoms. The molecule has 1 fully saturated rings. The van der Waals surface area contributed by atoms with E-state index < -0.39 is 17.7 Å². The van der Waals surface area contributed by atoms with Crippen molar-refractivity contribution in [2.75, 3.05) is 13.2 Å². The van der Waals surface area contributed by atoms with Crippen molar-refractivity contribution < 1.29 is 19.7 Å². The van der Waals surface area contributed by atoms with Crippen molar-refractivity contribution in [2.45, 2.75) is 24.5 Å². The molecule has 1 saturated heterocycles. The second kappa shape index (κ2) is 4.26. The summed E-state index contributed by atoms with van der Waals surface area (Å²) in [6, 6.07) is 1.66. The van der Waals surface area contributed by atoms with Gasteiger partial charge in [0.1, 0.15) is 0 Å². The quantitative estimate of drug-likeness (QED) is 0.530. The van der Waals surface area contributed by atoms with Crippen molar-refractivity contribution in [3.63, 3.8) is 0 Å². The molecule has 0 aromatic rings. The van der Waals surface area contributed by atoms with Gasteiger partial charge in [-0.3, -0.25) is 0 Å². The lowest BCUT2D eigenvalue weighted by Gasteiger charge is -2.37. The fraction of sp³-hybridized carbons (Fsp3) is 0.750. The van der Waals surface area contributed by atoms with Crippen LogP contribution in [0.25, 0.3) is 0 Å². The minimum atomic E-state index is -1.33. The summed E-state index contributed by atoms with van der Waals surface area (Å²) in [6.07, 6.45) is -1.94. The van der Waals surface area contributed by atoms with Crippen LogP contribution in [0.2, 0.25) is 0 Å². The molecule has 6 nitrogen and oxygen atoms in total. The van der Waals surface area contributed by atoms with Gasteiger partial charge in [-0.25, -0.2) is 4.79 Å². The highest BCUT2D eigenvalue weighted by Crippen LogP contribution is 2.24. The lowest BCUT2D eigenvalue weighted by molar-refractivity contribution is -0.00703. The maximum Gasteiger partial charge on any atom is 0.405 e. The van der Waals surface area contributed by atoms with Crippen LogP contribution >= 0.6 is 0 Å². The molecular formula is C8H12N2O4. The van der Waals surface area contributed by atoms with Crippen LogP contribution in [0.15, 0.2) is 0 Å². The van der Waals surface area contributed by atoms with Crippen LogP contribution < -0.4 is 5.32 Å². The van der Waals surface area contributed by atoms with E-state index in [-0.39, 0.29) is 0 Å². The third kappa shape index (κ3) is 2.13. The molecule has 14 heavy (non-hydrogen) atoms. The predicted molar refractivity (Wildman–Crippen MR) is 45.6 cm³/mol. The standard InChI is InChI=1S/C8H12N2O4/c9-5-6(11)8(10-7(12)13)1-3-14-4-2-8/h6,10-11H,1-4H2,(H,12,13). The van der Waals surface area contributed by atoms with Gasteiger partial charge in [0.05, 0.1) is 11.6 Å². The van der Waals surface area contributed by atoms with Crippen molar-refractivity contribution in [3.05, 3.63) is 0 Å². The second-order valence-electron chi connectivity index (χ2n) is 3.23. The SMILES string of the molecule is N#CC(O)C1(NC(=O)O)CCOCC1. The molecule has 0 saturated carbocycles. The molecule has 3 N–H and O–H groups in total. The van der Waals surface area contributed by atoms with Crippen LogP contribution in [0.4, 0.5) is 4.79 Å². The zero-order valence-corrected chi connectivity index (χ0v) is 7.56. The van der Waals surface area contributed by atoms with E-state index in [4.69, 9.17) is 15.1 Å². The van der Waals surface area contributed by atoms with E-state index >= 15 is 0 Å². The molecule has 1 heterocycles. The largest absolute Gasteiger partial charge is 0.465 e. The highest BCUT2D eigenvalue weighted by Gasteiger charge is 2.41. The highest BCUT2D eigenvalue weighted by molar-refractivity contribution is 5.66. The number of nitriles is 1. The summed E-state index contributed by atoms with van der Waals surface area (Å²) in [4.78, 5) is 10.5. The van der Waals surface area contributed by atoms with Crippen LogP contribution in [0.1, 0.15) is 12.8 Å². The molecule has 0 aromatic heterocycles. The molecular weight excluding hydrogens is 188 g/mol. The number of carboxylic acid groups (broad SMARTS) is 1. The molecule has 0 aliphatic carbocycles. The van der Waals surface area contributed by atoms with Gasteiger partial charge in [-0.1, -0.05) is 0 Å². The first kappa shape index (κ1) is 10.8. The monoisotopic (exact) mass is 200 g/mol. The summed E-state index contributed by atoms with van der Waals surface area (Å²) in [6.45, 7) is 0.692. The van der Waals surface area contributed by atoms with Gasteiger partial charge in [-0.15, -0.1) is 0 Å². The van der Waals surface area contributed by atoms with Gasteiger partial charge in [0.2, 0.25) is 0 Å². The Labute approximate surface area is 81.1 Å². The molecule has 0 spiro atoms. The Bertz CT molecular complexity index is 255. The van der Waals surface area contributed by atoms with Crippen LogP contribution in [0.5, 0.6) is 0 Å². The van der Waals surface area contributed by atoms with Crippen LogP contribution in [0, 0.1) is 11.3 Å². The molecule has 1 aliphatic rings. The topological polar surface area (TPSA) is 103 Å². The van der Waals surface area contributed by atoms with Crippen LogP contribution in [-0.4, -0.2) is 41.2 Å². The smallest absolute Gasteiger partial charge is 0.405 e. The second-order valence-corrected chi connectivity index (χ2v) is 3.23. The number of nitrogens with zero attached hydrogens (tertiary/aromatic N) is 1. The Hall–Kier alpha value is -1.32. The fourth-order valence-electron chi connectivity index (χ4n) is 1.54. The molecule has 78 valence electrons. The Kier molecular flexibility index (Phi) is 3.28. The van der Waals surface area contributed by atoms with Gasteiger partial charge in [-0.2, -0.15) is 5.26 Å². The number of aliphatic hydroxyl groups excluding tert-OH is 1. The first-order chi connectivity index (χ1) is 6.60. The molecule has 1 rings (SSSR count). The van der Waals surface area contributed by atoms with Gasteiger partial charge in [-0.05, 0) is 12.8 Å². The summed E-state index contributed by atoms with van der Waals surface area (Å²) in [5, 5.41) is 28.8. The van der Waals surface area contributed by atoms with Gasteiger partial charge in [0, 0.05) is 13.2 Å². The van der Waals surface area contributed by atoms with E-state index in [1.54, 1.807) is 6.07 Å². The maximum absolute atomic E-state index is 10.5. The van der Waals surface area contributed by atoms with Crippen molar-refractivity contribution in [3.8, 4) is 6.07 Å². The van der Waals surface area contributed by atoms with E-state index in [2.05, 4.69) is 5.32 Å². The number of hydrogen-bond acceptors (Lipinski definition) is 4. The number of rotatable bonds is 2. The Morgan fingerprint density at radius 2 is 2.14 bits per heavy atom. The van der Waals surface area contributed by atoms with Gasteiger partial charge < -0.3 is 20.3 Å². The average molecular weight is 200 g/mol. The number of aliphatic hydroxyl groups is 1. The average Bonchev–Trinajstić information content (AvgIpc) is 2.17. The molecule has 0 bridgehead atoms. The number of ether oxygens (including phenoxy) is 1. The van der Waals surface area contributed by atoms with Crippen LogP contribution in [0.3, 0.4) is 0 Å². The third-order valence-corrected chi connectivity index (χ3v) is 2.39. The number of amides is 1. The summed E-state index contributed by atoms with van der Waals surface area (Å²) in [5.41, 5.74) is -1.07. The Balaban J connectivity index is 2.77. The lowest BCUT2D eigenvalue weighted by Crippen LogP contribution is -2.58. The zero-order chi connectivity index (χ0) is 10.6. The van der Waals surface area contributed by atoms with Crippen molar-refractivity contribution >= 4 is 6.09 Å². The van der Waals surface area contributed by atoms with Gasteiger partial charge in [0.15, 0.2) is 6.10 Å². The minimum Gasteiger partial charge on any atom is -0.465 e. The minimum absolute atomic E-state index is 0.314. The first-order valence-electron chi connectivity index (χ1n) is 4.27.